The fourth-order valence-electron chi connectivity index (χ4n) is 2.06. The summed E-state index contributed by atoms with van der Waals surface area (Å²) in [6.07, 6.45) is 0.797. The predicted molar refractivity (Wildman–Crippen MR) is 82.5 cm³/mol. The Morgan fingerprint density at radius 2 is 1.95 bits per heavy atom. The summed E-state index contributed by atoms with van der Waals surface area (Å²) < 4.78 is 0. The number of carboxylic acid groups (broad SMARTS) is 1. The maximum atomic E-state index is 12.3. The summed E-state index contributed by atoms with van der Waals surface area (Å²) >= 11 is 6.02. The van der Waals surface area contributed by atoms with Crippen LogP contribution in [0.15, 0.2) is 24.3 Å². The normalized spacial score (nSPS) is 13.3. The first-order valence-electron chi connectivity index (χ1n) is 6.96. The van der Waals surface area contributed by atoms with Gasteiger partial charge in [-0.2, -0.15) is 0 Å². The minimum atomic E-state index is -1.16. The van der Waals surface area contributed by atoms with Crippen LogP contribution in [0.2, 0.25) is 5.02 Å². The van der Waals surface area contributed by atoms with Crippen molar-refractivity contribution in [3.8, 4) is 0 Å². The van der Waals surface area contributed by atoms with Gasteiger partial charge in [-0.1, -0.05) is 36.7 Å². The SMILES string of the molecule is CCC(C)N(CC)C(=O)N[C@@H](C(=O)O)c1ccccc1Cl. The van der Waals surface area contributed by atoms with Crippen LogP contribution in [0.3, 0.4) is 0 Å². The molecule has 0 aliphatic heterocycles. The number of halogens is 1. The van der Waals surface area contributed by atoms with Crippen molar-refractivity contribution in [2.45, 2.75) is 39.3 Å². The third kappa shape index (κ3) is 4.36. The van der Waals surface area contributed by atoms with E-state index in [0.29, 0.717) is 17.1 Å². The minimum absolute atomic E-state index is 0.0377. The molecule has 1 unspecified atom stereocenters. The fourth-order valence-corrected chi connectivity index (χ4v) is 2.31. The van der Waals surface area contributed by atoms with Crippen LogP contribution >= 0.6 is 11.6 Å². The molecule has 5 nitrogen and oxygen atoms in total. The van der Waals surface area contributed by atoms with Gasteiger partial charge in [-0.15, -0.1) is 0 Å². The number of carbonyl (C=O) groups excluding carboxylic acids is 1. The smallest absolute Gasteiger partial charge is 0.331 e. The number of nitrogens with one attached hydrogen (secondary N) is 1. The molecular formula is C15H21ClN2O3. The number of nitrogens with zero attached hydrogens (tertiary/aromatic N) is 1. The Morgan fingerprint density at radius 3 is 2.43 bits per heavy atom. The molecule has 0 aliphatic carbocycles. The van der Waals surface area contributed by atoms with E-state index in [1.807, 2.05) is 20.8 Å². The van der Waals surface area contributed by atoms with Crippen LogP contribution in [0, 0.1) is 0 Å². The molecule has 0 saturated heterocycles. The van der Waals surface area contributed by atoms with Crippen molar-refractivity contribution in [1.82, 2.24) is 10.2 Å². The van der Waals surface area contributed by atoms with Gasteiger partial charge in [0.1, 0.15) is 0 Å². The van der Waals surface area contributed by atoms with E-state index < -0.39 is 18.0 Å². The van der Waals surface area contributed by atoms with E-state index in [1.165, 1.54) is 0 Å². The van der Waals surface area contributed by atoms with Crippen molar-refractivity contribution in [3.63, 3.8) is 0 Å². The first kappa shape index (κ1) is 17.3. The number of carbonyl (C=O) groups is 2. The average Bonchev–Trinajstić information content (AvgIpc) is 2.45. The summed E-state index contributed by atoms with van der Waals surface area (Å²) in [6.45, 7) is 6.27. The van der Waals surface area contributed by atoms with Gasteiger partial charge in [0.05, 0.1) is 0 Å². The fraction of sp³-hybridized carbons (Fsp3) is 0.467. The van der Waals surface area contributed by atoms with Gasteiger partial charge in [-0.3, -0.25) is 0 Å². The van der Waals surface area contributed by atoms with Crippen molar-refractivity contribution in [2.75, 3.05) is 6.54 Å². The first-order chi connectivity index (χ1) is 9.92. The second-order valence-electron chi connectivity index (χ2n) is 4.79. The highest BCUT2D eigenvalue weighted by Gasteiger charge is 2.27. The Labute approximate surface area is 129 Å². The lowest BCUT2D eigenvalue weighted by Crippen LogP contribution is -2.47. The zero-order chi connectivity index (χ0) is 16.0. The van der Waals surface area contributed by atoms with Gasteiger partial charge in [0.2, 0.25) is 0 Å². The molecule has 2 atom stereocenters. The molecule has 2 amide bonds. The third-order valence-electron chi connectivity index (χ3n) is 3.46. The van der Waals surface area contributed by atoms with Crippen LogP contribution in [0.5, 0.6) is 0 Å². The van der Waals surface area contributed by atoms with E-state index in [-0.39, 0.29) is 6.04 Å². The molecule has 0 bridgehead atoms. The van der Waals surface area contributed by atoms with Gasteiger partial charge >= 0.3 is 12.0 Å². The van der Waals surface area contributed by atoms with Crippen LogP contribution in [-0.4, -0.2) is 34.6 Å². The van der Waals surface area contributed by atoms with E-state index in [1.54, 1.807) is 29.2 Å². The zero-order valence-corrected chi connectivity index (χ0v) is 13.2. The minimum Gasteiger partial charge on any atom is -0.479 e. The number of rotatable bonds is 6. The predicted octanol–water partition coefficient (Wildman–Crippen LogP) is 3.30. The zero-order valence-electron chi connectivity index (χ0n) is 12.5. The summed E-state index contributed by atoms with van der Waals surface area (Å²) in [5.41, 5.74) is 0.375. The van der Waals surface area contributed by atoms with E-state index in [4.69, 9.17) is 11.6 Å². The Bertz CT molecular complexity index is 507. The van der Waals surface area contributed by atoms with Gasteiger partial charge in [0.15, 0.2) is 6.04 Å². The number of benzene rings is 1. The molecule has 1 aromatic rings. The maximum absolute atomic E-state index is 12.3. The summed E-state index contributed by atoms with van der Waals surface area (Å²) in [7, 11) is 0. The summed E-state index contributed by atoms with van der Waals surface area (Å²) in [6, 6.07) is 5.07. The van der Waals surface area contributed by atoms with Crippen molar-refractivity contribution < 1.29 is 14.7 Å². The number of urea groups is 1. The number of hydrogen-bond donors (Lipinski definition) is 2. The number of carboxylic acids is 1. The lowest BCUT2D eigenvalue weighted by molar-refractivity contribution is -0.139. The van der Waals surface area contributed by atoms with E-state index in [9.17, 15) is 14.7 Å². The number of amides is 2. The molecule has 0 fully saturated rings. The van der Waals surface area contributed by atoms with Crippen LogP contribution < -0.4 is 5.32 Å². The molecule has 21 heavy (non-hydrogen) atoms. The molecule has 1 aromatic carbocycles. The third-order valence-corrected chi connectivity index (χ3v) is 3.80. The van der Waals surface area contributed by atoms with Gasteiger partial charge in [0, 0.05) is 23.2 Å². The quantitative estimate of drug-likeness (QED) is 0.846. The topological polar surface area (TPSA) is 69.6 Å². The largest absolute Gasteiger partial charge is 0.479 e. The van der Waals surface area contributed by atoms with Gasteiger partial charge in [-0.25, -0.2) is 9.59 Å². The van der Waals surface area contributed by atoms with Crippen LogP contribution in [0.25, 0.3) is 0 Å². The Morgan fingerprint density at radius 1 is 1.33 bits per heavy atom. The second kappa shape index (κ2) is 7.88. The Kier molecular flexibility index (Phi) is 6.49. The van der Waals surface area contributed by atoms with E-state index >= 15 is 0 Å². The summed E-state index contributed by atoms with van der Waals surface area (Å²) in [4.78, 5) is 25.3. The van der Waals surface area contributed by atoms with Crippen molar-refractivity contribution in [1.29, 1.82) is 0 Å². The summed E-state index contributed by atoms with van der Waals surface area (Å²) in [5, 5.41) is 12.2. The second-order valence-corrected chi connectivity index (χ2v) is 5.19. The molecule has 2 N–H and O–H groups in total. The molecule has 6 heteroatoms. The molecule has 0 heterocycles. The van der Waals surface area contributed by atoms with Crippen molar-refractivity contribution >= 4 is 23.6 Å². The maximum Gasteiger partial charge on any atom is 0.331 e. The van der Waals surface area contributed by atoms with Crippen LogP contribution in [-0.2, 0) is 4.79 Å². The lowest BCUT2D eigenvalue weighted by atomic mass is 10.1. The van der Waals surface area contributed by atoms with Gasteiger partial charge < -0.3 is 15.3 Å². The molecule has 0 spiro atoms. The van der Waals surface area contributed by atoms with Gasteiger partial charge in [0.25, 0.3) is 0 Å². The number of aliphatic carboxylic acids is 1. The lowest BCUT2D eigenvalue weighted by Gasteiger charge is -2.29. The Balaban J connectivity index is 2.97. The van der Waals surface area contributed by atoms with E-state index in [2.05, 4.69) is 5.32 Å². The standard InChI is InChI=1S/C15H21ClN2O3/c1-4-10(3)18(5-2)15(21)17-13(14(19)20)11-8-6-7-9-12(11)16/h6-10,13H,4-5H2,1-3H3,(H,17,21)(H,19,20)/t10?,13-/m1/s1. The molecule has 0 radical (unpaired) electrons. The highest BCUT2D eigenvalue weighted by atomic mass is 35.5. The van der Waals surface area contributed by atoms with Crippen LogP contribution in [0.4, 0.5) is 4.79 Å². The Hall–Kier alpha value is -1.75. The molecule has 0 saturated carbocycles. The molecular weight excluding hydrogens is 292 g/mol. The highest BCUT2D eigenvalue weighted by molar-refractivity contribution is 6.31. The average molecular weight is 313 g/mol. The molecule has 1 rings (SSSR count). The first-order valence-corrected chi connectivity index (χ1v) is 7.34. The molecule has 0 aromatic heterocycles. The van der Waals surface area contributed by atoms with E-state index in [0.717, 1.165) is 6.42 Å². The van der Waals surface area contributed by atoms with Crippen molar-refractivity contribution in [2.24, 2.45) is 0 Å². The van der Waals surface area contributed by atoms with Gasteiger partial charge in [-0.05, 0) is 26.3 Å². The van der Waals surface area contributed by atoms with Crippen molar-refractivity contribution in [3.05, 3.63) is 34.9 Å². The molecule has 0 aliphatic rings. The van der Waals surface area contributed by atoms with Crippen LogP contribution in [0.1, 0.15) is 38.8 Å². The highest BCUT2D eigenvalue weighted by Crippen LogP contribution is 2.23. The summed E-state index contributed by atoms with van der Waals surface area (Å²) in [5.74, 6) is -1.14. The number of hydrogen-bond acceptors (Lipinski definition) is 2. The molecule has 116 valence electrons. The monoisotopic (exact) mass is 312 g/mol.